The van der Waals surface area contributed by atoms with Gasteiger partial charge in [-0.25, -0.2) is 14.2 Å². The Kier molecular flexibility index (Phi) is 8.50. The van der Waals surface area contributed by atoms with Gasteiger partial charge in [-0.3, -0.25) is 14.2 Å². The molecule has 0 radical (unpaired) electrons. The van der Waals surface area contributed by atoms with Gasteiger partial charge in [-0.05, 0) is 20.8 Å². The Bertz CT molecular complexity index is 945. The van der Waals surface area contributed by atoms with Crippen LogP contribution in [0.2, 0.25) is 0 Å². The average Bonchev–Trinajstić information content (AvgIpc) is 3.04. The predicted molar refractivity (Wildman–Crippen MR) is 108 cm³/mol. The minimum Gasteiger partial charge on any atom is -0.460 e. The zero-order valence-corrected chi connectivity index (χ0v) is 18.1. The summed E-state index contributed by atoms with van der Waals surface area (Å²) in [5.74, 6) is -1.36. The highest BCUT2D eigenvalue weighted by atomic mass is 16.6. The maximum atomic E-state index is 12.9. The second-order valence-electron chi connectivity index (χ2n) is 8.07. The van der Waals surface area contributed by atoms with E-state index < -0.39 is 73.1 Å². The largest absolute Gasteiger partial charge is 0.460 e. The van der Waals surface area contributed by atoms with Crippen molar-refractivity contribution in [3.05, 3.63) is 45.8 Å². The number of aromatic nitrogens is 2. The maximum Gasteiger partial charge on any atom is 0.335 e. The molecule has 1 fully saturated rings. The number of hydrogen-bond donors (Lipinski definition) is 2. The number of ether oxygens (including phenoxy) is 4. The zero-order valence-electron chi connectivity index (χ0n) is 18.1. The van der Waals surface area contributed by atoms with Gasteiger partial charge in [-0.1, -0.05) is 12.7 Å². The Morgan fingerprint density at radius 2 is 1.97 bits per heavy atom. The van der Waals surface area contributed by atoms with Crippen molar-refractivity contribution in [2.45, 2.75) is 52.0 Å². The number of aliphatic hydroxyl groups is 2. The van der Waals surface area contributed by atoms with E-state index in [1.807, 2.05) is 0 Å². The van der Waals surface area contributed by atoms with E-state index in [0.717, 1.165) is 16.8 Å². The van der Waals surface area contributed by atoms with E-state index in [0.29, 0.717) is 4.57 Å². The Morgan fingerprint density at radius 3 is 2.56 bits per heavy atom. The van der Waals surface area contributed by atoms with Crippen molar-refractivity contribution < 1.29 is 38.7 Å². The Balaban J connectivity index is 2.29. The highest BCUT2D eigenvalue weighted by Gasteiger charge is 2.46. The summed E-state index contributed by atoms with van der Waals surface area (Å²) in [6.45, 7) is 6.45. The van der Waals surface area contributed by atoms with E-state index in [1.165, 1.54) is 6.08 Å². The molecule has 12 heteroatoms. The predicted octanol–water partition coefficient (Wildman–Crippen LogP) is -1.08. The summed E-state index contributed by atoms with van der Waals surface area (Å²) in [5.41, 5.74) is -2.47. The number of carbonyl (C=O) groups excluding carboxylic acids is 2. The molecule has 1 saturated heterocycles. The highest BCUT2D eigenvalue weighted by molar-refractivity contribution is 5.75. The fraction of sp³-hybridized carbons (Fsp3) is 0.600. The first-order valence-electron chi connectivity index (χ1n) is 9.83. The third-order valence-corrected chi connectivity index (χ3v) is 4.56. The van der Waals surface area contributed by atoms with Gasteiger partial charge in [0.2, 0.25) is 0 Å². The molecule has 0 unspecified atom stereocenters. The van der Waals surface area contributed by atoms with Crippen LogP contribution in [0, 0.1) is 5.41 Å². The number of carbonyl (C=O) groups is 2. The van der Waals surface area contributed by atoms with E-state index in [9.17, 15) is 29.4 Å². The molecule has 0 saturated carbocycles. The van der Waals surface area contributed by atoms with Crippen LogP contribution in [0.15, 0.2) is 34.5 Å². The number of rotatable bonds is 9. The van der Waals surface area contributed by atoms with E-state index >= 15 is 0 Å². The maximum absolute atomic E-state index is 12.9. The van der Waals surface area contributed by atoms with Crippen molar-refractivity contribution in [1.29, 1.82) is 0 Å². The van der Waals surface area contributed by atoms with Gasteiger partial charge in [0.25, 0.3) is 5.56 Å². The lowest BCUT2D eigenvalue weighted by Crippen LogP contribution is -2.45. The molecule has 2 rings (SSSR count). The lowest BCUT2D eigenvalue weighted by atomic mass is 9.98. The van der Waals surface area contributed by atoms with Crippen LogP contribution < -0.4 is 11.2 Å². The molecule has 1 aromatic rings. The lowest BCUT2D eigenvalue weighted by Gasteiger charge is -2.23. The van der Waals surface area contributed by atoms with Gasteiger partial charge in [0.15, 0.2) is 13.0 Å². The lowest BCUT2D eigenvalue weighted by molar-refractivity contribution is -0.157. The summed E-state index contributed by atoms with van der Waals surface area (Å²) in [7, 11) is 0. The van der Waals surface area contributed by atoms with Gasteiger partial charge >= 0.3 is 17.6 Å². The Labute approximate surface area is 183 Å². The second-order valence-corrected chi connectivity index (χ2v) is 8.07. The van der Waals surface area contributed by atoms with Crippen LogP contribution in [0.5, 0.6) is 0 Å². The first-order chi connectivity index (χ1) is 15.0. The first-order valence-corrected chi connectivity index (χ1v) is 9.83. The van der Waals surface area contributed by atoms with Crippen molar-refractivity contribution in [3.63, 3.8) is 0 Å². The molecule has 12 nitrogen and oxygen atoms in total. The minimum absolute atomic E-state index is 0.0354. The fourth-order valence-electron chi connectivity index (χ4n) is 2.81. The fourth-order valence-corrected chi connectivity index (χ4v) is 2.81. The van der Waals surface area contributed by atoms with Crippen molar-refractivity contribution >= 4 is 11.9 Å². The quantitative estimate of drug-likeness (QED) is 0.346. The molecule has 0 aliphatic carbocycles. The summed E-state index contributed by atoms with van der Waals surface area (Å²) >= 11 is 0. The van der Waals surface area contributed by atoms with Crippen molar-refractivity contribution in [1.82, 2.24) is 9.13 Å². The van der Waals surface area contributed by atoms with Gasteiger partial charge in [0, 0.05) is 12.3 Å². The van der Waals surface area contributed by atoms with Gasteiger partial charge in [-0.2, -0.15) is 0 Å². The molecular weight excluding hydrogens is 428 g/mol. The third-order valence-electron chi connectivity index (χ3n) is 4.56. The summed E-state index contributed by atoms with van der Waals surface area (Å²) in [6.07, 6.45) is -2.54. The highest BCUT2D eigenvalue weighted by Crippen LogP contribution is 2.30. The Morgan fingerprint density at radius 1 is 1.28 bits per heavy atom. The summed E-state index contributed by atoms with van der Waals surface area (Å²) in [5, 5.41) is 19.9. The van der Waals surface area contributed by atoms with Crippen LogP contribution in [0.4, 0.5) is 0 Å². The summed E-state index contributed by atoms with van der Waals surface area (Å²) in [6, 6.07) is 1.05. The van der Waals surface area contributed by atoms with Gasteiger partial charge in [-0.15, -0.1) is 0 Å². The molecule has 0 spiro atoms. The number of nitrogens with zero attached hydrogens (tertiary/aromatic N) is 2. The topological polar surface area (TPSA) is 156 Å². The zero-order chi connectivity index (χ0) is 24.1. The molecule has 0 amide bonds. The second kappa shape index (κ2) is 10.7. The van der Waals surface area contributed by atoms with Crippen molar-refractivity contribution in [3.8, 4) is 0 Å². The monoisotopic (exact) mass is 456 g/mol. The molecule has 32 heavy (non-hydrogen) atoms. The molecule has 2 N–H and O–H groups in total. The van der Waals surface area contributed by atoms with Crippen LogP contribution in [0.3, 0.4) is 0 Å². The Hall–Kier alpha value is -2.80. The summed E-state index contributed by atoms with van der Waals surface area (Å²) < 4.78 is 22.4. The molecule has 1 aromatic heterocycles. The van der Waals surface area contributed by atoms with Gasteiger partial charge < -0.3 is 29.2 Å². The molecule has 0 aromatic carbocycles. The van der Waals surface area contributed by atoms with Crippen LogP contribution in [-0.2, 0) is 35.3 Å². The van der Waals surface area contributed by atoms with Crippen molar-refractivity contribution in [2.24, 2.45) is 5.41 Å². The molecular formula is C20H28N2O10. The molecule has 1 aliphatic rings. The van der Waals surface area contributed by atoms with E-state index in [4.69, 9.17) is 18.9 Å². The normalized spacial score (nSPS) is 23.0. The van der Waals surface area contributed by atoms with Crippen molar-refractivity contribution in [2.75, 3.05) is 19.8 Å². The SMILES string of the molecule is C=CCOC(=O)CO[C@@H]1[C@H](O)[C@@H](CO)O[C@H]1n1ccc(=O)n(COC(=O)C(C)(C)C)c1=O. The van der Waals surface area contributed by atoms with E-state index in [1.54, 1.807) is 20.8 Å². The smallest absolute Gasteiger partial charge is 0.335 e. The number of esters is 2. The van der Waals surface area contributed by atoms with Gasteiger partial charge in [0.1, 0.15) is 31.5 Å². The average molecular weight is 456 g/mol. The molecule has 2 heterocycles. The van der Waals surface area contributed by atoms with Crippen LogP contribution in [0.1, 0.15) is 27.0 Å². The van der Waals surface area contributed by atoms with Crippen LogP contribution in [-0.4, -0.2) is 69.4 Å². The van der Waals surface area contributed by atoms with Gasteiger partial charge in [0.05, 0.1) is 12.0 Å². The third kappa shape index (κ3) is 5.91. The van der Waals surface area contributed by atoms with E-state index in [2.05, 4.69) is 6.58 Å². The first kappa shape index (κ1) is 25.5. The molecule has 4 atom stereocenters. The van der Waals surface area contributed by atoms with E-state index in [-0.39, 0.29) is 6.61 Å². The van der Waals surface area contributed by atoms with Crippen LogP contribution in [0.25, 0.3) is 0 Å². The van der Waals surface area contributed by atoms with Crippen LogP contribution >= 0.6 is 0 Å². The molecule has 1 aliphatic heterocycles. The number of hydrogen-bond acceptors (Lipinski definition) is 10. The minimum atomic E-state index is -1.39. The number of aliphatic hydroxyl groups excluding tert-OH is 2. The molecule has 178 valence electrons. The standard InChI is InChI=1S/C20H28N2O10/c1-5-8-29-14(25)10-30-16-15(26)12(9-23)32-17(16)21-7-6-13(24)22(19(21)28)11-31-18(27)20(2,3)4/h5-7,12,15-17,23,26H,1,8-11H2,2-4H3/t12-,15-,16-,17-/m1/s1. The molecule has 0 bridgehead atoms. The summed E-state index contributed by atoms with van der Waals surface area (Å²) in [4.78, 5) is 48.8.